The molecule has 1 aromatic rings. The van der Waals surface area contributed by atoms with Gasteiger partial charge in [0, 0.05) is 11.9 Å². The largest absolute Gasteiger partial charge is 0.285 e. The third-order valence-electron chi connectivity index (χ3n) is 2.78. The highest BCUT2D eigenvalue weighted by atomic mass is 32.2. The molecular weight excluding hydrogens is 320 g/mol. The Kier molecular flexibility index (Phi) is 11.9. The maximum absolute atomic E-state index is 11.1. The molecule has 1 atom stereocenters. The lowest BCUT2D eigenvalue weighted by Gasteiger charge is -2.14. The summed E-state index contributed by atoms with van der Waals surface area (Å²) in [5.41, 5.74) is 1.59. The van der Waals surface area contributed by atoms with Crippen LogP contribution in [0.2, 0.25) is 0 Å². The Bertz CT molecular complexity index is 603. The molecule has 1 unspecified atom stereocenters. The lowest BCUT2D eigenvalue weighted by atomic mass is 10.0. The van der Waals surface area contributed by atoms with Gasteiger partial charge in [-0.3, -0.25) is 9.71 Å². The number of rotatable bonds is 3. The van der Waals surface area contributed by atoms with Crippen LogP contribution in [0.3, 0.4) is 0 Å². The second-order valence-corrected chi connectivity index (χ2v) is 6.79. The number of hydrogen-bond acceptors (Lipinski definition) is 3. The monoisotopic (exact) mass is 352 g/mol. The molecule has 1 aliphatic carbocycles. The second-order valence-electron chi connectivity index (χ2n) is 5.04. The fraction of sp³-hybridized carbons (Fsp3) is 0.526. The van der Waals surface area contributed by atoms with Crippen molar-refractivity contribution >= 4 is 21.9 Å². The van der Waals surface area contributed by atoms with Crippen LogP contribution in [0.1, 0.15) is 65.0 Å². The van der Waals surface area contributed by atoms with E-state index in [2.05, 4.69) is 9.71 Å². The van der Waals surface area contributed by atoms with Gasteiger partial charge in [-0.05, 0) is 30.2 Å². The van der Waals surface area contributed by atoms with E-state index in [0.717, 1.165) is 18.2 Å². The molecule has 4 nitrogen and oxygen atoms in total. The maximum atomic E-state index is 11.1. The quantitative estimate of drug-likeness (QED) is 0.797. The number of allylic oxidation sites excluding steroid dienone is 1. The molecule has 1 aromatic carbocycles. The van der Waals surface area contributed by atoms with Crippen LogP contribution in [-0.4, -0.2) is 20.9 Å². The van der Waals surface area contributed by atoms with E-state index in [0.29, 0.717) is 5.69 Å². The first kappa shape index (κ1) is 22.4. The van der Waals surface area contributed by atoms with Crippen LogP contribution in [-0.2, 0) is 10.0 Å². The van der Waals surface area contributed by atoms with Crippen molar-refractivity contribution in [2.24, 2.45) is 4.99 Å². The number of hydrogen-bond donors (Lipinski definition) is 1. The van der Waals surface area contributed by atoms with Crippen molar-refractivity contribution in [3.05, 3.63) is 42.0 Å². The van der Waals surface area contributed by atoms with E-state index in [9.17, 15) is 8.42 Å². The van der Waals surface area contributed by atoms with E-state index < -0.39 is 10.0 Å². The first-order valence-corrected chi connectivity index (χ1v) is 10.7. The molecule has 0 spiro atoms. The number of benzene rings is 1. The minimum absolute atomic E-state index is 0.0845. The van der Waals surface area contributed by atoms with Gasteiger partial charge in [-0.15, -0.1) is 0 Å². The fourth-order valence-electron chi connectivity index (χ4n) is 1.73. The summed E-state index contributed by atoms with van der Waals surface area (Å²) in [5.74, 6) is 0. The molecule has 5 heteroatoms. The molecule has 0 aromatic heterocycles. The van der Waals surface area contributed by atoms with Crippen molar-refractivity contribution in [3.63, 3.8) is 0 Å². The summed E-state index contributed by atoms with van der Waals surface area (Å²) in [5, 5.41) is 0. The zero-order chi connectivity index (χ0) is 18.4. The molecule has 1 heterocycles. The molecule has 136 valence electrons. The number of dihydropyridines is 1. The van der Waals surface area contributed by atoms with Crippen LogP contribution in [0, 0.1) is 0 Å². The van der Waals surface area contributed by atoms with Crippen LogP contribution in [0.5, 0.6) is 0 Å². The highest BCUT2D eigenvalue weighted by Gasteiger charge is 2.10. The highest BCUT2D eigenvalue weighted by Crippen LogP contribution is 2.25. The second kappa shape index (κ2) is 12.8. The van der Waals surface area contributed by atoms with Crippen molar-refractivity contribution in [1.82, 2.24) is 0 Å². The van der Waals surface area contributed by atoms with Crippen molar-refractivity contribution in [2.45, 2.75) is 59.4 Å². The van der Waals surface area contributed by atoms with Crippen molar-refractivity contribution in [1.29, 1.82) is 0 Å². The molecule has 1 aliphatic heterocycles. The highest BCUT2D eigenvalue weighted by molar-refractivity contribution is 7.92. The van der Waals surface area contributed by atoms with Gasteiger partial charge in [0.05, 0.1) is 12.3 Å². The van der Waals surface area contributed by atoms with Crippen LogP contribution < -0.4 is 4.72 Å². The topological polar surface area (TPSA) is 58.5 Å². The van der Waals surface area contributed by atoms with Crippen LogP contribution in [0.15, 0.2) is 41.4 Å². The number of aliphatic imine (C=N–C) groups is 1. The van der Waals surface area contributed by atoms with E-state index in [1.165, 1.54) is 19.3 Å². The Morgan fingerprint density at radius 3 is 2.17 bits per heavy atom. The molecule has 0 radical (unpaired) electrons. The van der Waals surface area contributed by atoms with E-state index in [1.54, 1.807) is 12.3 Å². The molecule has 0 saturated heterocycles. The molecule has 0 bridgehead atoms. The molecular formula is C19H32N2O2S. The number of sulfonamides is 1. The number of nitrogens with zero attached hydrogens (tertiary/aromatic N) is 1. The lowest BCUT2D eigenvalue weighted by molar-refractivity contribution is 0.607. The maximum Gasteiger partial charge on any atom is 0.229 e. The SMILES string of the molecule is C1CC1.CC.CC.CS(=O)(=O)Nc1cccc(C2CC=CC=N2)c1. The van der Waals surface area contributed by atoms with Gasteiger partial charge in [0.2, 0.25) is 10.0 Å². The molecule has 1 N–H and O–H groups in total. The smallest absolute Gasteiger partial charge is 0.229 e. The average molecular weight is 353 g/mol. The van der Waals surface area contributed by atoms with Crippen LogP contribution in [0.25, 0.3) is 0 Å². The van der Waals surface area contributed by atoms with Gasteiger partial charge in [0.25, 0.3) is 0 Å². The summed E-state index contributed by atoms with van der Waals surface area (Å²) < 4.78 is 24.7. The van der Waals surface area contributed by atoms with Gasteiger partial charge in [0.15, 0.2) is 0 Å². The third kappa shape index (κ3) is 11.0. The summed E-state index contributed by atoms with van der Waals surface area (Å²) in [6.07, 6.45) is 12.2. The lowest BCUT2D eigenvalue weighted by Crippen LogP contribution is -2.10. The van der Waals surface area contributed by atoms with Crippen molar-refractivity contribution in [2.75, 3.05) is 11.0 Å². The van der Waals surface area contributed by atoms with Crippen LogP contribution in [0.4, 0.5) is 5.69 Å². The van der Waals surface area contributed by atoms with Gasteiger partial charge < -0.3 is 0 Å². The summed E-state index contributed by atoms with van der Waals surface area (Å²) in [6.45, 7) is 8.00. The Morgan fingerprint density at radius 1 is 1.08 bits per heavy atom. The summed E-state index contributed by atoms with van der Waals surface area (Å²) in [6, 6.07) is 7.42. The Morgan fingerprint density at radius 2 is 1.71 bits per heavy atom. The normalized spacial score (nSPS) is 17.1. The van der Waals surface area contributed by atoms with Crippen LogP contribution >= 0.6 is 0 Å². The first-order chi connectivity index (χ1) is 11.5. The Hall–Kier alpha value is -1.62. The molecule has 1 saturated carbocycles. The zero-order valence-electron chi connectivity index (χ0n) is 15.6. The molecule has 24 heavy (non-hydrogen) atoms. The minimum atomic E-state index is -3.23. The summed E-state index contributed by atoms with van der Waals surface area (Å²) >= 11 is 0. The van der Waals surface area contributed by atoms with E-state index in [1.807, 2.05) is 58.0 Å². The molecule has 2 aliphatic rings. The van der Waals surface area contributed by atoms with E-state index in [-0.39, 0.29) is 6.04 Å². The Labute approximate surface area is 148 Å². The summed E-state index contributed by atoms with van der Waals surface area (Å²) in [7, 11) is -3.23. The third-order valence-corrected chi connectivity index (χ3v) is 3.38. The number of nitrogens with one attached hydrogen (secondary N) is 1. The minimum Gasteiger partial charge on any atom is -0.285 e. The van der Waals surface area contributed by atoms with Crippen molar-refractivity contribution < 1.29 is 8.42 Å². The Balaban J connectivity index is 0.000000645. The van der Waals surface area contributed by atoms with Gasteiger partial charge in [0.1, 0.15) is 0 Å². The van der Waals surface area contributed by atoms with Crippen molar-refractivity contribution in [3.8, 4) is 0 Å². The predicted molar refractivity (Wildman–Crippen MR) is 106 cm³/mol. The summed E-state index contributed by atoms with van der Waals surface area (Å²) in [4.78, 5) is 4.35. The predicted octanol–water partition coefficient (Wildman–Crippen LogP) is 5.35. The van der Waals surface area contributed by atoms with Gasteiger partial charge in [-0.1, -0.05) is 65.2 Å². The van der Waals surface area contributed by atoms with Gasteiger partial charge >= 0.3 is 0 Å². The van der Waals surface area contributed by atoms with E-state index >= 15 is 0 Å². The standard InChI is InChI=1S/C12H14N2O2S.C3H6.2C2H6/c1-17(15,16)14-11-6-4-5-10(9-11)12-7-2-3-8-13-12;1-2-3-1;2*1-2/h2-6,8-9,12,14H,7H2,1H3;1-3H2;2*1-2H3. The average Bonchev–Trinajstić information content (AvgIpc) is 3.47. The zero-order valence-corrected chi connectivity index (χ0v) is 16.4. The van der Waals surface area contributed by atoms with Gasteiger partial charge in [-0.2, -0.15) is 0 Å². The fourth-order valence-corrected chi connectivity index (χ4v) is 2.28. The molecule has 0 amide bonds. The molecule has 1 fully saturated rings. The van der Waals surface area contributed by atoms with E-state index in [4.69, 9.17) is 0 Å². The molecule has 3 rings (SSSR count). The first-order valence-electron chi connectivity index (χ1n) is 8.81. The van der Waals surface area contributed by atoms with Gasteiger partial charge in [-0.25, -0.2) is 8.42 Å². The number of anilines is 1.